The Morgan fingerprint density at radius 1 is 0.421 bits per heavy atom. The van der Waals surface area contributed by atoms with Crippen LogP contribution in [-0.2, 0) is 4.79 Å². The summed E-state index contributed by atoms with van der Waals surface area (Å²) in [6.45, 7) is 4.19. The zero-order valence-corrected chi connectivity index (χ0v) is 38.2. The van der Waals surface area contributed by atoms with E-state index in [1.54, 1.807) is 6.08 Å². The Hall–Kier alpha value is -1.43. The summed E-state index contributed by atoms with van der Waals surface area (Å²) in [6, 6.07) is -0.817. The molecule has 0 aromatic carbocycles. The first kappa shape index (κ1) is 55.6. The molecule has 0 radical (unpaired) electrons. The highest BCUT2D eigenvalue weighted by molar-refractivity contribution is 5.80. The van der Waals surface area contributed by atoms with Crippen LogP contribution in [0, 0.1) is 0 Å². The number of rotatable bonds is 46. The van der Waals surface area contributed by atoms with Crippen molar-refractivity contribution in [3.05, 3.63) is 36.5 Å². The third-order valence-corrected chi connectivity index (χ3v) is 11.7. The highest BCUT2D eigenvalue weighted by Gasteiger charge is 2.22. The van der Waals surface area contributed by atoms with E-state index in [1.807, 2.05) is 6.08 Å². The van der Waals surface area contributed by atoms with Crippen molar-refractivity contribution in [2.24, 2.45) is 0 Å². The lowest BCUT2D eigenvalue weighted by atomic mass is 10.0. The van der Waals surface area contributed by atoms with Gasteiger partial charge < -0.3 is 20.6 Å². The molecular weight excluding hydrogens is 703 g/mol. The summed E-state index contributed by atoms with van der Waals surface area (Å²) < 4.78 is 0. The molecule has 1 amide bonds. The van der Waals surface area contributed by atoms with Crippen molar-refractivity contribution in [3.63, 3.8) is 0 Å². The number of aliphatic hydroxyl groups is 3. The molecular formula is C52H99NO4. The number of aliphatic hydroxyl groups excluding tert-OH is 3. The molecule has 0 aromatic rings. The number of carbonyl (C=O) groups excluding carboxylic acids is 1. The number of amides is 1. The zero-order valence-electron chi connectivity index (χ0n) is 38.2. The second kappa shape index (κ2) is 47.3. The minimum absolute atomic E-state index is 0.377. The fourth-order valence-corrected chi connectivity index (χ4v) is 7.73. The minimum Gasteiger partial charge on any atom is -0.394 e. The van der Waals surface area contributed by atoms with Crippen LogP contribution in [0.4, 0.5) is 0 Å². The molecule has 0 bridgehead atoms. The van der Waals surface area contributed by atoms with Crippen molar-refractivity contribution in [2.75, 3.05) is 6.61 Å². The molecule has 0 aromatic heterocycles. The second-order valence-electron chi connectivity index (χ2n) is 17.4. The summed E-state index contributed by atoms with van der Waals surface area (Å²) in [4.78, 5) is 12.5. The van der Waals surface area contributed by atoms with Gasteiger partial charge in [-0.15, -0.1) is 0 Å². The Bertz CT molecular complexity index is 885. The molecule has 3 unspecified atom stereocenters. The predicted octanol–water partition coefficient (Wildman–Crippen LogP) is 15.1. The molecule has 57 heavy (non-hydrogen) atoms. The van der Waals surface area contributed by atoms with Gasteiger partial charge in [0.25, 0.3) is 0 Å². The highest BCUT2D eigenvalue weighted by atomic mass is 16.3. The number of unbranched alkanes of at least 4 members (excludes halogenated alkanes) is 34. The third kappa shape index (κ3) is 42.5. The van der Waals surface area contributed by atoms with E-state index < -0.39 is 24.2 Å². The average Bonchev–Trinajstić information content (AvgIpc) is 3.22. The van der Waals surface area contributed by atoms with Crippen LogP contribution in [0.25, 0.3) is 0 Å². The first-order chi connectivity index (χ1) is 28.1. The van der Waals surface area contributed by atoms with Crippen LogP contribution in [0.15, 0.2) is 36.5 Å². The van der Waals surface area contributed by atoms with Crippen LogP contribution in [0.2, 0.25) is 0 Å². The van der Waals surface area contributed by atoms with E-state index in [-0.39, 0.29) is 6.61 Å². The molecule has 3 atom stereocenters. The van der Waals surface area contributed by atoms with Gasteiger partial charge in [-0.3, -0.25) is 4.79 Å². The molecule has 0 heterocycles. The number of nitrogens with one attached hydrogen (secondary N) is 1. The molecule has 5 heteroatoms. The lowest BCUT2D eigenvalue weighted by Gasteiger charge is -2.21. The Balaban J connectivity index is 3.67. The van der Waals surface area contributed by atoms with Crippen LogP contribution < -0.4 is 5.32 Å². The largest absolute Gasteiger partial charge is 0.394 e. The summed E-state index contributed by atoms with van der Waals surface area (Å²) in [6.07, 6.45) is 60.6. The number of allylic oxidation sites excluding steroid dienone is 5. The van der Waals surface area contributed by atoms with Crippen LogP contribution in [-0.4, -0.2) is 46.1 Å². The molecule has 0 fully saturated rings. The van der Waals surface area contributed by atoms with E-state index in [0.717, 1.165) is 38.5 Å². The maximum Gasteiger partial charge on any atom is 0.249 e. The SMILES string of the molecule is CCCCCCCCCCCCC/C=C\CCCCCCCCC(O)C(=O)NC(CO)C(O)/C=C/CC/C=C/CCCCCCCCCCCCCCCCCC. The van der Waals surface area contributed by atoms with Gasteiger partial charge in [-0.25, -0.2) is 0 Å². The molecule has 0 rings (SSSR count). The van der Waals surface area contributed by atoms with Crippen molar-refractivity contribution < 1.29 is 20.1 Å². The van der Waals surface area contributed by atoms with Gasteiger partial charge in [0.1, 0.15) is 6.10 Å². The second-order valence-corrected chi connectivity index (χ2v) is 17.4. The molecule has 5 nitrogen and oxygen atoms in total. The summed E-state index contributed by atoms with van der Waals surface area (Å²) in [7, 11) is 0. The summed E-state index contributed by atoms with van der Waals surface area (Å²) >= 11 is 0. The molecule has 4 N–H and O–H groups in total. The quantitative estimate of drug-likeness (QED) is 0.0365. The predicted molar refractivity (Wildman–Crippen MR) is 250 cm³/mol. The van der Waals surface area contributed by atoms with E-state index in [0.29, 0.717) is 6.42 Å². The molecule has 336 valence electrons. The van der Waals surface area contributed by atoms with E-state index in [2.05, 4.69) is 43.5 Å². The highest BCUT2D eigenvalue weighted by Crippen LogP contribution is 2.16. The number of carbonyl (C=O) groups is 1. The molecule has 0 aliphatic carbocycles. The number of hydrogen-bond donors (Lipinski definition) is 4. The van der Waals surface area contributed by atoms with E-state index in [4.69, 9.17) is 0 Å². The van der Waals surface area contributed by atoms with Crippen molar-refractivity contribution in [2.45, 2.75) is 283 Å². The standard InChI is InChI=1S/C52H99NO4/c1-3-5-7-9-11-13-15-17-19-21-23-25-27-28-30-32-34-36-38-40-42-44-46-50(55)49(48-54)53-52(57)51(56)47-45-43-41-39-37-35-33-31-29-26-24-22-20-18-16-14-12-10-8-6-4-2/h29,31,36,38,44,46,49-51,54-56H,3-28,30,32-35,37,39-43,45,47-48H2,1-2H3,(H,53,57)/b31-29-,38-36+,46-44+. The van der Waals surface area contributed by atoms with Gasteiger partial charge in [0, 0.05) is 0 Å². The first-order valence-electron chi connectivity index (χ1n) is 25.3. The Labute approximate surface area is 355 Å². The van der Waals surface area contributed by atoms with Gasteiger partial charge in [-0.05, 0) is 57.8 Å². The van der Waals surface area contributed by atoms with Crippen molar-refractivity contribution in [1.29, 1.82) is 0 Å². The van der Waals surface area contributed by atoms with E-state index in [1.165, 1.54) is 205 Å². The molecule has 0 aliphatic rings. The van der Waals surface area contributed by atoms with Crippen LogP contribution in [0.3, 0.4) is 0 Å². The Morgan fingerprint density at radius 2 is 0.719 bits per heavy atom. The van der Waals surface area contributed by atoms with Gasteiger partial charge in [-0.2, -0.15) is 0 Å². The van der Waals surface area contributed by atoms with Crippen molar-refractivity contribution >= 4 is 5.91 Å². The smallest absolute Gasteiger partial charge is 0.249 e. The summed E-state index contributed by atoms with van der Waals surface area (Å²) in [5.41, 5.74) is 0. The van der Waals surface area contributed by atoms with Gasteiger partial charge in [0.15, 0.2) is 0 Å². The van der Waals surface area contributed by atoms with Gasteiger partial charge in [0.2, 0.25) is 5.91 Å². The van der Waals surface area contributed by atoms with Crippen LogP contribution >= 0.6 is 0 Å². The number of hydrogen-bond acceptors (Lipinski definition) is 4. The Kier molecular flexibility index (Phi) is 46.1. The lowest BCUT2D eigenvalue weighted by Crippen LogP contribution is -2.48. The van der Waals surface area contributed by atoms with Crippen molar-refractivity contribution in [3.8, 4) is 0 Å². The summed E-state index contributed by atoms with van der Waals surface area (Å²) in [5, 5.41) is 33.2. The molecule has 0 spiro atoms. The topological polar surface area (TPSA) is 89.8 Å². The molecule has 0 saturated heterocycles. The maximum atomic E-state index is 12.5. The fourth-order valence-electron chi connectivity index (χ4n) is 7.73. The van der Waals surface area contributed by atoms with Crippen LogP contribution in [0.5, 0.6) is 0 Å². The van der Waals surface area contributed by atoms with Gasteiger partial charge >= 0.3 is 0 Å². The zero-order chi connectivity index (χ0) is 41.5. The van der Waals surface area contributed by atoms with E-state index in [9.17, 15) is 20.1 Å². The fraction of sp³-hybridized carbons (Fsp3) is 0.865. The van der Waals surface area contributed by atoms with Crippen molar-refractivity contribution in [1.82, 2.24) is 5.32 Å². The van der Waals surface area contributed by atoms with E-state index >= 15 is 0 Å². The maximum absolute atomic E-state index is 12.5. The molecule has 0 saturated carbocycles. The third-order valence-electron chi connectivity index (χ3n) is 11.7. The summed E-state index contributed by atoms with van der Waals surface area (Å²) in [5.74, 6) is -0.515. The average molecular weight is 802 g/mol. The lowest BCUT2D eigenvalue weighted by molar-refractivity contribution is -0.131. The van der Waals surface area contributed by atoms with Crippen LogP contribution in [0.1, 0.15) is 264 Å². The Morgan fingerprint density at radius 3 is 1.07 bits per heavy atom. The monoisotopic (exact) mass is 802 g/mol. The van der Waals surface area contributed by atoms with Gasteiger partial charge in [0.05, 0.1) is 18.8 Å². The minimum atomic E-state index is -1.11. The molecule has 0 aliphatic heterocycles. The normalized spacial score (nSPS) is 13.7. The van der Waals surface area contributed by atoms with Gasteiger partial charge in [-0.1, -0.05) is 243 Å². The first-order valence-corrected chi connectivity index (χ1v) is 25.3.